The van der Waals surface area contributed by atoms with Gasteiger partial charge in [0.2, 0.25) is 5.91 Å². The maximum atomic E-state index is 12.6. The average molecular weight is 369 g/mol. The van der Waals surface area contributed by atoms with Crippen LogP contribution in [-0.2, 0) is 4.79 Å². The van der Waals surface area contributed by atoms with Crippen LogP contribution in [0.1, 0.15) is 30.7 Å². The number of fused-ring (bicyclic) bond motifs is 2. The Hall–Kier alpha value is -1.92. The van der Waals surface area contributed by atoms with Gasteiger partial charge in [0.15, 0.2) is 5.16 Å². The van der Waals surface area contributed by atoms with Gasteiger partial charge in [-0.15, -0.1) is 0 Å². The van der Waals surface area contributed by atoms with Crippen LogP contribution >= 0.6 is 11.8 Å². The molecule has 5 nitrogen and oxygen atoms in total. The summed E-state index contributed by atoms with van der Waals surface area (Å²) in [5.41, 5.74) is 9.02. The standard InChI is InChI=1S/C20H24N4OS/c1-11-9-12(2)23-20(22-11)26-16-7-5-15(6-8-16)24-19(25)17-13-3-4-14(10-13)18(17)21/h5-9,13-14,17-18H,3-4,10,21H2,1-2H3,(H,24,25). The van der Waals surface area contributed by atoms with Crippen molar-refractivity contribution in [2.75, 3.05) is 5.32 Å². The van der Waals surface area contributed by atoms with Gasteiger partial charge in [-0.05, 0) is 87.0 Å². The van der Waals surface area contributed by atoms with Crippen molar-refractivity contribution in [1.29, 1.82) is 0 Å². The van der Waals surface area contributed by atoms with Crippen molar-refractivity contribution in [2.24, 2.45) is 23.5 Å². The Morgan fingerprint density at radius 3 is 2.38 bits per heavy atom. The second-order valence-corrected chi connectivity index (χ2v) is 8.53. The van der Waals surface area contributed by atoms with Crippen molar-refractivity contribution in [1.82, 2.24) is 9.97 Å². The molecule has 4 rings (SSSR count). The Kier molecular flexibility index (Phi) is 4.71. The van der Waals surface area contributed by atoms with Crippen molar-refractivity contribution < 1.29 is 4.79 Å². The summed E-state index contributed by atoms with van der Waals surface area (Å²) in [6.45, 7) is 3.94. The third-order valence-corrected chi connectivity index (χ3v) is 6.45. The number of nitrogens with two attached hydrogens (primary N) is 1. The molecule has 2 saturated carbocycles. The number of hydrogen-bond donors (Lipinski definition) is 2. The van der Waals surface area contributed by atoms with Gasteiger partial charge >= 0.3 is 0 Å². The van der Waals surface area contributed by atoms with Crippen LogP contribution in [0, 0.1) is 31.6 Å². The third kappa shape index (κ3) is 3.48. The lowest BCUT2D eigenvalue weighted by molar-refractivity contribution is -0.121. The highest BCUT2D eigenvalue weighted by Crippen LogP contribution is 2.47. The highest BCUT2D eigenvalue weighted by molar-refractivity contribution is 7.99. The molecule has 2 aliphatic rings. The maximum Gasteiger partial charge on any atom is 0.229 e. The quantitative estimate of drug-likeness (QED) is 0.807. The van der Waals surface area contributed by atoms with Crippen LogP contribution in [0.25, 0.3) is 0 Å². The van der Waals surface area contributed by atoms with Gasteiger partial charge in [0.1, 0.15) is 0 Å². The van der Waals surface area contributed by atoms with Gasteiger partial charge in [-0.25, -0.2) is 9.97 Å². The Balaban J connectivity index is 1.41. The molecule has 6 heteroatoms. The fraction of sp³-hybridized carbons (Fsp3) is 0.450. The number of nitrogens with one attached hydrogen (secondary N) is 1. The van der Waals surface area contributed by atoms with Gasteiger partial charge in [0, 0.05) is 28.0 Å². The molecule has 2 bridgehead atoms. The lowest BCUT2D eigenvalue weighted by Gasteiger charge is -2.27. The van der Waals surface area contributed by atoms with Gasteiger partial charge in [0.05, 0.1) is 5.92 Å². The van der Waals surface area contributed by atoms with E-state index in [1.807, 2.05) is 44.2 Å². The predicted molar refractivity (Wildman–Crippen MR) is 103 cm³/mol. The third-order valence-electron chi connectivity index (χ3n) is 5.58. The number of aryl methyl sites for hydroxylation is 2. The van der Waals surface area contributed by atoms with Crippen LogP contribution in [-0.4, -0.2) is 21.9 Å². The molecule has 4 unspecified atom stereocenters. The maximum absolute atomic E-state index is 12.6. The van der Waals surface area contributed by atoms with E-state index in [0.29, 0.717) is 11.8 Å². The molecule has 1 aromatic heterocycles. The highest BCUT2D eigenvalue weighted by atomic mass is 32.2. The lowest BCUT2D eigenvalue weighted by Crippen LogP contribution is -2.42. The fourth-order valence-electron chi connectivity index (χ4n) is 4.40. The van der Waals surface area contributed by atoms with E-state index in [4.69, 9.17) is 5.73 Å². The molecule has 136 valence electrons. The zero-order valence-electron chi connectivity index (χ0n) is 15.1. The molecule has 1 aromatic carbocycles. The number of aromatic nitrogens is 2. The number of carbonyl (C=O) groups excluding carboxylic acids is 1. The van der Waals surface area contributed by atoms with Crippen molar-refractivity contribution in [3.05, 3.63) is 41.7 Å². The van der Waals surface area contributed by atoms with E-state index in [9.17, 15) is 4.79 Å². The van der Waals surface area contributed by atoms with Crippen molar-refractivity contribution in [3.63, 3.8) is 0 Å². The number of amides is 1. The first-order valence-corrected chi connectivity index (χ1v) is 9.98. The fourth-order valence-corrected chi connectivity index (χ4v) is 5.26. The van der Waals surface area contributed by atoms with Crippen LogP contribution in [0.3, 0.4) is 0 Å². The second kappa shape index (κ2) is 7.00. The monoisotopic (exact) mass is 368 g/mol. The molecule has 4 atom stereocenters. The molecule has 0 spiro atoms. The van der Waals surface area contributed by atoms with Crippen LogP contribution in [0.5, 0.6) is 0 Å². The Labute approximate surface area is 158 Å². The number of carbonyl (C=O) groups is 1. The first-order valence-electron chi connectivity index (χ1n) is 9.16. The molecule has 3 N–H and O–H groups in total. The zero-order valence-corrected chi connectivity index (χ0v) is 15.9. The van der Waals surface area contributed by atoms with Gasteiger partial charge in [-0.2, -0.15) is 0 Å². The summed E-state index contributed by atoms with van der Waals surface area (Å²) in [5.74, 6) is 1.04. The second-order valence-electron chi connectivity index (χ2n) is 7.49. The minimum Gasteiger partial charge on any atom is -0.327 e. The van der Waals surface area contributed by atoms with E-state index >= 15 is 0 Å². The predicted octanol–water partition coefficient (Wildman–Crippen LogP) is 3.56. The summed E-state index contributed by atoms with van der Waals surface area (Å²) >= 11 is 1.52. The number of benzene rings is 1. The number of hydrogen-bond acceptors (Lipinski definition) is 5. The molecule has 2 fully saturated rings. The minimum atomic E-state index is -0.0357. The van der Waals surface area contributed by atoms with Gasteiger partial charge in [0.25, 0.3) is 0 Å². The van der Waals surface area contributed by atoms with Crippen LogP contribution in [0.4, 0.5) is 5.69 Å². The van der Waals surface area contributed by atoms with E-state index in [1.54, 1.807) is 0 Å². The first kappa shape index (κ1) is 17.5. The summed E-state index contributed by atoms with van der Waals surface area (Å²) < 4.78 is 0. The van der Waals surface area contributed by atoms with E-state index in [1.165, 1.54) is 18.2 Å². The Bertz CT molecular complexity index is 801. The van der Waals surface area contributed by atoms with Crippen molar-refractivity contribution >= 4 is 23.4 Å². The lowest BCUT2D eigenvalue weighted by atomic mass is 9.84. The number of nitrogens with zero attached hydrogens (tertiary/aromatic N) is 2. The molecule has 2 aromatic rings. The normalized spacial score (nSPS) is 26.9. The Morgan fingerprint density at radius 1 is 1.12 bits per heavy atom. The van der Waals surface area contributed by atoms with Crippen LogP contribution in [0.15, 0.2) is 40.4 Å². The molecule has 26 heavy (non-hydrogen) atoms. The van der Waals surface area contributed by atoms with E-state index in [0.717, 1.165) is 40.0 Å². The number of anilines is 1. The van der Waals surface area contributed by atoms with Crippen LogP contribution < -0.4 is 11.1 Å². The van der Waals surface area contributed by atoms with Gasteiger partial charge < -0.3 is 11.1 Å². The summed E-state index contributed by atoms with van der Waals surface area (Å²) in [7, 11) is 0. The summed E-state index contributed by atoms with van der Waals surface area (Å²) in [6, 6.07) is 9.82. The minimum absolute atomic E-state index is 0.0188. The highest BCUT2D eigenvalue weighted by Gasteiger charge is 2.49. The summed E-state index contributed by atoms with van der Waals surface area (Å²) in [4.78, 5) is 22.6. The largest absolute Gasteiger partial charge is 0.327 e. The molecular weight excluding hydrogens is 344 g/mol. The van der Waals surface area contributed by atoms with Crippen molar-refractivity contribution in [3.8, 4) is 0 Å². The smallest absolute Gasteiger partial charge is 0.229 e. The average Bonchev–Trinajstić information content (AvgIpc) is 3.16. The molecule has 1 heterocycles. The summed E-state index contributed by atoms with van der Waals surface area (Å²) in [5, 5.41) is 3.79. The molecule has 2 aliphatic carbocycles. The van der Waals surface area contributed by atoms with E-state index in [2.05, 4.69) is 15.3 Å². The topological polar surface area (TPSA) is 80.9 Å². The van der Waals surface area contributed by atoms with E-state index in [-0.39, 0.29) is 17.9 Å². The SMILES string of the molecule is Cc1cc(C)nc(Sc2ccc(NC(=O)C3C4CCC(C4)C3N)cc2)n1. The van der Waals surface area contributed by atoms with Crippen molar-refractivity contribution in [2.45, 2.75) is 49.2 Å². The van der Waals surface area contributed by atoms with Crippen LogP contribution in [0.2, 0.25) is 0 Å². The van der Waals surface area contributed by atoms with Gasteiger partial charge in [-0.1, -0.05) is 0 Å². The zero-order chi connectivity index (χ0) is 18.3. The first-order chi connectivity index (χ1) is 12.5. The molecule has 0 saturated heterocycles. The summed E-state index contributed by atoms with van der Waals surface area (Å²) in [6.07, 6.45) is 3.44. The molecular formula is C20H24N4OS. The molecule has 1 amide bonds. The van der Waals surface area contributed by atoms with E-state index < -0.39 is 0 Å². The number of rotatable bonds is 4. The Morgan fingerprint density at radius 2 is 1.77 bits per heavy atom. The van der Waals surface area contributed by atoms with Gasteiger partial charge in [-0.3, -0.25) is 4.79 Å². The molecule has 0 aliphatic heterocycles. The molecule has 0 radical (unpaired) electrons.